The lowest BCUT2D eigenvalue weighted by atomic mass is 9.98. The molecule has 0 fully saturated rings. The molecule has 72 valence electrons. The molecule has 2 heteroatoms. The van der Waals surface area contributed by atoms with Gasteiger partial charge in [0.15, 0.2) is 0 Å². The molecule has 0 spiro atoms. The van der Waals surface area contributed by atoms with E-state index in [1.165, 1.54) is 63.0 Å². The zero-order chi connectivity index (χ0) is 9.07. The van der Waals surface area contributed by atoms with E-state index < -0.39 is 0 Å². The third kappa shape index (κ3) is 10.5. The summed E-state index contributed by atoms with van der Waals surface area (Å²) in [6.45, 7) is 0. The minimum atomic E-state index is 1.18. The van der Waals surface area contributed by atoms with Gasteiger partial charge in [0.1, 0.15) is 7.85 Å². The lowest BCUT2D eigenvalue weighted by Crippen LogP contribution is -1.81. The highest BCUT2D eigenvalue weighted by atomic mass is 79.9. The van der Waals surface area contributed by atoms with Crippen LogP contribution in [0.3, 0.4) is 0 Å². The molecule has 0 aliphatic carbocycles. The Morgan fingerprint density at radius 1 is 0.667 bits per heavy atom. The summed E-state index contributed by atoms with van der Waals surface area (Å²) in [6, 6.07) is 0. The maximum atomic E-state index is 3.45. The summed E-state index contributed by atoms with van der Waals surface area (Å²) in [5.74, 6) is 0. The van der Waals surface area contributed by atoms with E-state index in [2.05, 4.69) is 23.8 Å². The number of hydrogen-bond donors (Lipinski definition) is 0. The summed E-state index contributed by atoms with van der Waals surface area (Å²) in [7, 11) is 2.27. The number of halogens is 1. The summed E-state index contributed by atoms with van der Waals surface area (Å²) in [4.78, 5) is 0. The van der Waals surface area contributed by atoms with Crippen LogP contribution >= 0.6 is 15.9 Å². The topological polar surface area (TPSA) is 0 Å². The minimum Gasteiger partial charge on any atom is -0.0928 e. The van der Waals surface area contributed by atoms with E-state index in [0.717, 1.165) is 0 Å². The molecular formula is C10H22BBr. The number of rotatable bonds is 9. The molecule has 0 nitrogen and oxygen atoms in total. The van der Waals surface area contributed by atoms with Crippen LogP contribution in [-0.4, -0.2) is 13.2 Å². The van der Waals surface area contributed by atoms with Crippen LogP contribution in [0.4, 0.5) is 0 Å². The van der Waals surface area contributed by atoms with Crippen molar-refractivity contribution in [3.05, 3.63) is 0 Å². The Bertz CT molecular complexity index is 66.2. The lowest BCUT2D eigenvalue weighted by molar-refractivity contribution is 0.587. The Morgan fingerprint density at radius 3 is 1.50 bits per heavy atom. The third-order valence-corrected chi connectivity index (χ3v) is 2.80. The summed E-state index contributed by atoms with van der Waals surface area (Å²) < 4.78 is 0. The number of alkyl halides is 1. The summed E-state index contributed by atoms with van der Waals surface area (Å²) in [5.41, 5.74) is 0. The molecule has 0 aromatic rings. The van der Waals surface area contributed by atoms with E-state index in [1.807, 2.05) is 0 Å². The van der Waals surface area contributed by atoms with Gasteiger partial charge in [0.2, 0.25) is 0 Å². The molecule has 0 radical (unpaired) electrons. The Hall–Kier alpha value is 0.545. The average molecular weight is 233 g/mol. The minimum absolute atomic E-state index is 1.18. The average Bonchev–Trinajstić information content (AvgIpc) is 2.10. The molecule has 0 aromatic carbocycles. The van der Waals surface area contributed by atoms with Crippen LogP contribution in [0.2, 0.25) is 6.32 Å². The molecule has 0 rings (SSSR count). The van der Waals surface area contributed by atoms with E-state index in [9.17, 15) is 0 Å². The summed E-state index contributed by atoms with van der Waals surface area (Å²) >= 11 is 3.45. The quantitative estimate of drug-likeness (QED) is 0.324. The first-order valence-electron chi connectivity index (χ1n) is 5.47. The smallest absolute Gasteiger partial charge is 0.0928 e. The highest BCUT2D eigenvalue weighted by molar-refractivity contribution is 9.09. The Balaban J connectivity index is 2.73. The van der Waals surface area contributed by atoms with Gasteiger partial charge in [0.25, 0.3) is 0 Å². The van der Waals surface area contributed by atoms with Crippen LogP contribution in [0, 0.1) is 0 Å². The standard InChI is InChI=1S/C10H22BBr/c11-9-7-5-3-1-2-4-6-8-10-12/h1-11H2. The fraction of sp³-hybridized carbons (Fsp3) is 1.00. The van der Waals surface area contributed by atoms with E-state index in [4.69, 9.17) is 0 Å². The molecule has 12 heavy (non-hydrogen) atoms. The molecule has 0 heterocycles. The van der Waals surface area contributed by atoms with Gasteiger partial charge >= 0.3 is 0 Å². The van der Waals surface area contributed by atoms with Crippen molar-refractivity contribution >= 4 is 23.8 Å². The van der Waals surface area contributed by atoms with Crippen molar-refractivity contribution in [3.8, 4) is 0 Å². The van der Waals surface area contributed by atoms with Crippen molar-refractivity contribution in [2.45, 2.75) is 57.7 Å². The van der Waals surface area contributed by atoms with Crippen molar-refractivity contribution in [1.82, 2.24) is 0 Å². The first kappa shape index (κ1) is 12.5. The van der Waals surface area contributed by atoms with Gasteiger partial charge < -0.3 is 0 Å². The maximum Gasteiger partial charge on any atom is 0.101 e. The first-order valence-corrected chi connectivity index (χ1v) is 6.60. The zero-order valence-electron chi connectivity index (χ0n) is 8.45. The Labute approximate surface area is 87.0 Å². The summed E-state index contributed by atoms with van der Waals surface area (Å²) in [5, 5.41) is 1.18. The SMILES string of the molecule is BCCCCCCCCCCBr. The van der Waals surface area contributed by atoms with Crippen LogP contribution in [0.15, 0.2) is 0 Å². The van der Waals surface area contributed by atoms with E-state index >= 15 is 0 Å². The third-order valence-electron chi connectivity index (χ3n) is 2.24. The summed E-state index contributed by atoms with van der Waals surface area (Å²) in [6.07, 6.45) is 12.8. The fourth-order valence-electron chi connectivity index (χ4n) is 1.41. The molecule has 0 amide bonds. The largest absolute Gasteiger partial charge is 0.101 e. The predicted molar refractivity (Wildman–Crippen MR) is 64.1 cm³/mol. The molecule has 0 saturated heterocycles. The lowest BCUT2D eigenvalue weighted by Gasteiger charge is -1.99. The highest BCUT2D eigenvalue weighted by Gasteiger charge is 1.90. The second-order valence-corrected chi connectivity index (χ2v) is 4.31. The van der Waals surface area contributed by atoms with Gasteiger partial charge in [-0.3, -0.25) is 0 Å². The van der Waals surface area contributed by atoms with Gasteiger partial charge in [-0.25, -0.2) is 0 Å². The van der Waals surface area contributed by atoms with E-state index in [1.54, 1.807) is 0 Å². The zero-order valence-corrected chi connectivity index (χ0v) is 10.0. The van der Waals surface area contributed by atoms with Gasteiger partial charge in [0.05, 0.1) is 0 Å². The van der Waals surface area contributed by atoms with Gasteiger partial charge in [-0.15, -0.1) is 0 Å². The number of unbranched alkanes of at least 4 members (excludes halogenated alkanes) is 7. The van der Waals surface area contributed by atoms with Crippen molar-refractivity contribution in [2.75, 3.05) is 5.33 Å². The van der Waals surface area contributed by atoms with Crippen molar-refractivity contribution in [3.63, 3.8) is 0 Å². The van der Waals surface area contributed by atoms with Crippen molar-refractivity contribution < 1.29 is 0 Å². The molecule has 0 atom stereocenters. The molecule has 0 aliphatic heterocycles. The van der Waals surface area contributed by atoms with Crippen LogP contribution in [0.25, 0.3) is 0 Å². The molecule has 0 saturated carbocycles. The van der Waals surface area contributed by atoms with Crippen LogP contribution < -0.4 is 0 Å². The Kier molecular flexibility index (Phi) is 12.1. The van der Waals surface area contributed by atoms with Crippen molar-refractivity contribution in [1.29, 1.82) is 0 Å². The molecular weight excluding hydrogens is 211 g/mol. The molecule has 0 unspecified atom stereocenters. The van der Waals surface area contributed by atoms with E-state index in [-0.39, 0.29) is 0 Å². The number of hydrogen-bond acceptors (Lipinski definition) is 0. The monoisotopic (exact) mass is 232 g/mol. The molecule has 0 aliphatic rings. The van der Waals surface area contributed by atoms with Crippen LogP contribution in [0.1, 0.15) is 51.4 Å². The predicted octanol–water partition coefficient (Wildman–Crippen LogP) is 3.55. The highest BCUT2D eigenvalue weighted by Crippen LogP contribution is 2.09. The van der Waals surface area contributed by atoms with Gasteiger partial charge in [0, 0.05) is 5.33 Å². The first-order chi connectivity index (χ1) is 5.91. The molecule has 0 aromatic heterocycles. The van der Waals surface area contributed by atoms with Crippen LogP contribution in [0.5, 0.6) is 0 Å². The van der Waals surface area contributed by atoms with Crippen molar-refractivity contribution in [2.24, 2.45) is 0 Å². The fourth-order valence-corrected chi connectivity index (χ4v) is 1.80. The van der Waals surface area contributed by atoms with Gasteiger partial charge in [-0.1, -0.05) is 67.2 Å². The molecule has 0 bridgehead atoms. The van der Waals surface area contributed by atoms with Gasteiger partial charge in [-0.05, 0) is 6.42 Å². The van der Waals surface area contributed by atoms with Crippen LogP contribution in [-0.2, 0) is 0 Å². The second kappa shape index (κ2) is 11.5. The maximum absolute atomic E-state index is 3.45. The van der Waals surface area contributed by atoms with Gasteiger partial charge in [-0.2, -0.15) is 0 Å². The Morgan fingerprint density at radius 2 is 1.08 bits per heavy atom. The van der Waals surface area contributed by atoms with E-state index in [0.29, 0.717) is 0 Å². The second-order valence-electron chi connectivity index (χ2n) is 3.52. The normalized spacial score (nSPS) is 10.4. The molecule has 0 N–H and O–H groups in total.